The van der Waals surface area contributed by atoms with Crippen LogP contribution in [0.4, 0.5) is 8.78 Å². The van der Waals surface area contributed by atoms with Crippen LogP contribution in [0.3, 0.4) is 0 Å². The van der Waals surface area contributed by atoms with Gasteiger partial charge in [0.25, 0.3) is 5.92 Å². The molecule has 1 heterocycles. The molecular formula is C9H14F2IN. The first-order chi connectivity index (χ1) is 6.02. The first-order valence-corrected chi connectivity index (χ1v) is 6.21. The maximum Gasteiger partial charge on any atom is 0.258 e. The molecule has 2 fully saturated rings. The summed E-state index contributed by atoms with van der Waals surface area (Å²) >= 11 is 2.29. The molecule has 4 heteroatoms. The van der Waals surface area contributed by atoms with Gasteiger partial charge in [0.1, 0.15) is 0 Å². The molecule has 0 aromatic carbocycles. The molecule has 13 heavy (non-hydrogen) atoms. The van der Waals surface area contributed by atoms with Crippen LogP contribution in [0.1, 0.15) is 13.3 Å². The highest BCUT2D eigenvalue weighted by molar-refractivity contribution is 14.1. The molecule has 0 amide bonds. The normalized spacial score (nSPS) is 42.9. The highest BCUT2D eigenvalue weighted by atomic mass is 127. The van der Waals surface area contributed by atoms with Crippen LogP contribution in [0.5, 0.6) is 0 Å². The number of hydrogen-bond acceptors (Lipinski definition) is 1. The summed E-state index contributed by atoms with van der Waals surface area (Å²) < 4.78 is 27.6. The lowest BCUT2D eigenvalue weighted by Gasteiger charge is -2.27. The third-order valence-electron chi connectivity index (χ3n) is 3.67. The minimum absolute atomic E-state index is 0.364. The molecule has 0 aromatic rings. The Labute approximate surface area is 91.0 Å². The number of rotatable bonds is 2. The third kappa shape index (κ3) is 1.32. The van der Waals surface area contributed by atoms with Crippen molar-refractivity contribution in [1.82, 2.24) is 4.90 Å². The average Bonchev–Trinajstić information content (AvgIpc) is 2.50. The van der Waals surface area contributed by atoms with E-state index in [-0.39, 0.29) is 5.92 Å². The molecule has 76 valence electrons. The van der Waals surface area contributed by atoms with E-state index in [0.717, 1.165) is 17.5 Å². The molecule has 0 aromatic heterocycles. The maximum absolute atomic E-state index is 13.3. The SMILES string of the molecule is CC12CCN(CCI)CC1C2(F)F. The van der Waals surface area contributed by atoms with Crippen molar-refractivity contribution in [2.75, 3.05) is 24.1 Å². The van der Waals surface area contributed by atoms with Crippen molar-refractivity contribution in [3.05, 3.63) is 0 Å². The van der Waals surface area contributed by atoms with Crippen LogP contribution in [0.2, 0.25) is 0 Å². The van der Waals surface area contributed by atoms with Crippen molar-refractivity contribution in [1.29, 1.82) is 0 Å². The van der Waals surface area contributed by atoms with Gasteiger partial charge in [-0.1, -0.05) is 29.5 Å². The van der Waals surface area contributed by atoms with E-state index in [2.05, 4.69) is 27.5 Å². The fraction of sp³-hybridized carbons (Fsp3) is 1.00. The quantitative estimate of drug-likeness (QED) is 0.559. The zero-order valence-electron chi connectivity index (χ0n) is 7.69. The van der Waals surface area contributed by atoms with Gasteiger partial charge in [0, 0.05) is 28.8 Å². The lowest BCUT2D eigenvalue weighted by atomic mass is 9.98. The number of halogens is 3. The topological polar surface area (TPSA) is 3.24 Å². The predicted molar refractivity (Wildman–Crippen MR) is 56.5 cm³/mol. The van der Waals surface area contributed by atoms with E-state index in [1.54, 1.807) is 6.92 Å². The van der Waals surface area contributed by atoms with E-state index in [4.69, 9.17) is 0 Å². The molecule has 2 atom stereocenters. The molecular weight excluding hydrogens is 287 g/mol. The smallest absolute Gasteiger partial charge is 0.258 e. The zero-order valence-corrected chi connectivity index (χ0v) is 9.85. The Hall–Kier alpha value is 0.550. The summed E-state index contributed by atoms with van der Waals surface area (Å²) in [5, 5.41) is 0. The molecule has 2 rings (SSSR count). The van der Waals surface area contributed by atoms with E-state index in [9.17, 15) is 8.78 Å². The molecule has 0 radical (unpaired) electrons. The van der Waals surface area contributed by atoms with Crippen LogP contribution in [0.25, 0.3) is 0 Å². The lowest BCUT2D eigenvalue weighted by molar-refractivity contribution is 0.0636. The van der Waals surface area contributed by atoms with E-state index >= 15 is 0 Å². The standard InChI is InChI=1S/C9H14F2IN/c1-8-2-4-13(5-3-12)6-7(8)9(8,10)11/h7H,2-6H2,1H3. The first kappa shape index (κ1) is 10.1. The van der Waals surface area contributed by atoms with Gasteiger partial charge in [0.2, 0.25) is 0 Å². The fourth-order valence-corrected chi connectivity index (χ4v) is 3.08. The summed E-state index contributed by atoms with van der Waals surface area (Å²) in [6.45, 7) is 4.15. The number of piperidine rings is 1. The highest BCUT2D eigenvalue weighted by Gasteiger charge is 2.78. The predicted octanol–water partition coefficient (Wildman–Crippen LogP) is 2.40. The minimum atomic E-state index is -2.38. The van der Waals surface area contributed by atoms with Gasteiger partial charge in [-0.25, -0.2) is 8.78 Å². The van der Waals surface area contributed by atoms with E-state index < -0.39 is 11.3 Å². The monoisotopic (exact) mass is 301 g/mol. The lowest BCUT2D eigenvalue weighted by Crippen LogP contribution is -2.35. The summed E-state index contributed by atoms with van der Waals surface area (Å²) in [5.74, 6) is -2.75. The number of alkyl halides is 3. The Bertz CT molecular complexity index is 222. The van der Waals surface area contributed by atoms with Gasteiger partial charge < -0.3 is 4.90 Å². The second-order valence-corrected chi connectivity index (χ2v) is 5.41. The van der Waals surface area contributed by atoms with Crippen LogP contribution >= 0.6 is 22.6 Å². The molecule has 1 aliphatic heterocycles. The molecule has 0 bridgehead atoms. The van der Waals surface area contributed by atoms with Crippen molar-refractivity contribution >= 4 is 22.6 Å². The number of fused-ring (bicyclic) bond motifs is 1. The van der Waals surface area contributed by atoms with Gasteiger partial charge in [-0.3, -0.25) is 0 Å². The second kappa shape index (κ2) is 3.02. The Morgan fingerprint density at radius 1 is 1.54 bits per heavy atom. The van der Waals surface area contributed by atoms with Gasteiger partial charge in [0.15, 0.2) is 0 Å². The number of hydrogen-bond donors (Lipinski definition) is 0. The van der Waals surface area contributed by atoms with Crippen molar-refractivity contribution in [3.63, 3.8) is 0 Å². The molecule has 1 saturated carbocycles. The van der Waals surface area contributed by atoms with Crippen molar-refractivity contribution < 1.29 is 8.78 Å². The Morgan fingerprint density at radius 2 is 2.23 bits per heavy atom. The molecule has 1 saturated heterocycles. The zero-order chi connectivity index (χ0) is 9.69. The average molecular weight is 301 g/mol. The molecule has 2 aliphatic rings. The molecule has 1 nitrogen and oxygen atoms in total. The summed E-state index contributed by atoms with van der Waals surface area (Å²) in [6, 6.07) is 0. The van der Waals surface area contributed by atoms with Gasteiger partial charge in [-0.05, 0) is 13.0 Å². The third-order valence-corrected chi connectivity index (χ3v) is 4.16. The van der Waals surface area contributed by atoms with Gasteiger partial charge in [0.05, 0.1) is 0 Å². The van der Waals surface area contributed by atoms with Crippen molar-refractivity contribution in [2.24, 2.45) is 11.3 Å². The van der Waals surface area contributed by atoms with E-state index in [1.165, 1.54) is 0 Å². The van der Waals surface area contributed by atoms with Gasteiger partial charge >= 0.3 is 0 Å². The first-order valence-electron chi connectivity index (χ1n) is 4.68. The second-order valence-electron chi connectivity index (χ2n) is 4.33. The Kier molecular flexibility index (Phi) is 2.34. The Balaban J connectivity index is 1.98. The van der Waals surface area contributed by atoms with Crippen LogP contribution in [-0.4, -0.2) is 34.9 Å². The maximum atomic E-state index is 13.3. The summed E-state index contributed by atoms with van der Waals surface area (Å²) in [7, 11) is 0. The Morgan fingerprint density at radius 3 is 2.77 bits per heavy atom. The largest absolute Gasteiger partial charge is 0.302 e. The van der Waals surface area contributed by atoms with Crippen LogP contribution < -0.4 is 0 Å². The number of nitrogens with zero attached hydrogens (tertiary/aromatic N) is 1. The summed E-state index contributed by atoms with van der Waals surface area (Å²) in [4.78, 5) is 2.17. The van der Waals surface area contributed by atoms with Crippen LogP contribution in [0.15, 0.2) is 0 Å². The molecule has 1 aliphatic carbocycles. The minimum Gasteiger partial charge on any atom is -0.302 e. The van der Waals surface area contributed by atoms with E-state index in [1.807, 2.05) is 0 Å². The van der Waals surface area contributed by atoms with Gasteiger partial charge in [-0.15, -0.1) is 0 Å². The molecule has 0 spiro atoms. The number of likely N-dealkylation sites (tertiary alicyclic amines) is 1. The van der Waals surface area contributed by atoms with Crippen molar-refractivity contribution in [2.45, 2.75) is 19.3 Å². The van der Waals surface area contributed by atoms with Crippen molar-refractivity contribution in [3.8, 4) is 0 Å². The van der Waals surface area contributed by atoms with Crippen LogP contribution in [0, 0.1) is 11.3 Å². The molecule has 0 N–H and O–H groups in total. The summed E-state index contributed by atoms with van der Waals surface area (Å²) in [5.41, 5.74) is -0.658. The fourth-order valence-electron chi connectivity index (χ4n) is 2.39. The van der Waals surface area contributed by atoms with Crippen LogP contribution in [-0.2, 0) is 0 Å². The van der Waals surface area contributed by atoms with Gasteiger partial charge in [-0.2, -0.15) is 0 Å². The summed E-state index contributed by atoms with van der Waals surface area (Å²) in [6.07, 6.45) is 0.668. The van der Waals surface area contributed by atoms with E-state index in [0.29, 0.717) is 13.0 Å². The molecule has 2 unspecified atom stereocenters. The highest BCUT2D eigenvalue weighted by Crippen LogP contribution is 2.69.